The zero-order valence-corrected chi connectivity index (χ0v) is 10.6. The average Bonchev–Trinajstić information content (AvgIpc) is 2.80. The fourth-order valence-corrected chi connectivity index (χ4v) is 2.62. The summed E-state index contributed by atoms with van der Waals surface area (Å²) in [6.45, 7) is 8.89. The molecule has 1 aromatic rings. The number of nitrogens with one attached hydrogen (secondary N) is 1. The SMILES string of the molecule is Cc1nc(C2CC2CNCC(C)C)cs1. The zero-order chi connectivity index (χ0) is 10.8. The molecular formula is C12H20N2S. The van der Waals surface area contributed by atoms with Crippen molar-refractivity contribution in [3.05, 3.63) is 16.1 Å². The molecular weight excluding hydrogens is 204 g/mol. The van der Waals surface area contributed by atoms with Gasteiger partial charge in [-0.05, 0) is 38.3 Å². The first-order valence-corrected chi connectivity index (χ1v) is 6.67. The molecule has 1 saturated carbocycles. The van der Waals surface area contributed by atoms with Gasteiger partial charge in [0.1, 0.15) is 0 Å². The molecule has 1 aliphatic rings. The van der Waals surface area contributed by atoms with Gasteiger partial charge in [0.2, 0.25) is 0 Å². The van der Waals surface area contributed by atoms with E-state index in [2.05, 4.69) is 36.5 Å². The lowest BCUT2D eigenvalue weighted by molar-refractivity contribution is 0.532. The molecule has 0 aliphatic heterocycles. The van der Waals surface area contributed by atoms with Crippen LogP contribution in [0.25, 0.3) is 0 Å². The average molecular weight is 224 g/mol. The second-order valence-corrected chi connectivity index (χ2v) is 6.01. The van der Waals surface area contributed by atoms with E-state index in [0.717, 1.165) is 24.3 Å². The van der Waals surface area contributed by atoms with Crippen molar-refractivity contribution in [1.29, 1.82) is 0 Å². The molecule has 0 amide bonds. The summed E-state index contributed by atoms with van der Waals surface area (Å²) >= 11 is 1.77. The van der Waals surface area contributed by atoms with E-state index in [1.807, 2.05) is 0 Å². The fourth-order valence-electron chi connectivity index (χ4n) is 1.94. The largest absolute Gasteiger partial charge is 0.316 e. The summed E-state index contributed by atoms with van der Waals surface area (Å²) in [5.74, 6) is 2.34. The third kappa shape index (κ3) is 3.02. The molecule has 2 rings (SSSR count). The number of thiazole rings is 1. The highest BCUT2D eigenvalue weighted by atomic mass is 32.1. The van der Waals surface area contributed by atoms with E-state index >= 15 is 0 Å². The van der Waals surface area contributed by atoms with Crippen molar-refractivity contribution in [3.63, 3.8) is 0 Å². The van der Waals surface area contributed by atoms with E-state index < -0.39 is 0 Å². The van der Waals surface area contributed by atoms with Crippen LogP contribution in [0, 0.1) is 18.8 Å². The Kier molecular flexibility index (Phi) is 3.42. The molecule has 1 N–H and O–H groups in total. The first kappa shape index (κ1) is 11.1. The number of hydrogen-bond acceptors (Lipinski definition) is 3. The first-order chi connectivity index (χ1) is 7.16. The van der Waals surface area contributed by atoms with Gasteiger partial charge < -0.3 is 5.32 Å². The number of aryl methyl sites for hydroxylation is 1. The van der Waals surface area contributed by atoms with Gasteiger partial charge in [-0.25, -0.2) is 4.98 Å². The van der Waals surface area contributed by atoms with Gasteiger partial charge in [0.05, 0.1) is 10.7 Å². The molecule has 2 nitrogen and oxygen atoms in total. The Hall–Kier alpha value is -0.410. The Morgan fingerprint density at radius 3 is 3.00 bits per heavy atom. The molecule has 1 aliphatic carbocycles. The summed E-state index contributed by atoms with van der Waals surface area (Å²) < 4.78 is 0. The highest BCUT2D eigenvalue weighted by molar-refractivity contribution is 7.09. The zero-order valence-electron chi connectivity index (χ0n) is 9.79. The van der Waals surface area contributed by atoms with Crippen LogP contribution >= 0.6 is 11.3 Å². The Labute approximate surface area is 96.1 Å². The van der Waals surface area contributed by atoms with Gasteiger partial charge in [-0.3, -0.25) is 0 Å². The summed E-state index contributed by atoms with van der Waals surface area (Å²) in [4.78, 5) is 4.56. The molecule has 1 aromatic heterocycles. The van der Waals surface area contributed by atoms with Crippen LogP contribution in [0.4, 0.5) is 0 Å². The van der Waals surface area contributed by atoms with Crippen LogP contribution in [-0.4, -0.2) is 18.1 Å². The van der Waals surface area contributed by atoms with E-state index in [-0.39, 0.29) is 0 Å². The van der Waals surface area contributed by atoms with Crippen LogP contribution in [0.5, 0.6) is 0 Å². The molecule has 15 heavy (non-hydrogen) atoms. The van der Waals surface area contributed by atoms with Gasteiger partial charge in [-0.1, -0.05) is 13.8 Å². The molecule has 2 unspecified atom stereocenters. The Morgan fingerprint density at radius 2 is 2.40 bits per heavy atom. The summed E-state index contributed by atoms with van der Waals surface area (Å²) in [7, 11) is 0. The summed E-state index contributed by atoms with van der Waals surface area (Å²) in [6, 6.07) is 0. The highest BCUT2D eigenvalue weighted by Gasteiger charge is 2.39. The van der Waals surface area contributed by atoms with Crippen LogP contribution in [0.3, 0.4) is 0 Å². The summed E-state index contributed by atoms with van der Waals surface area (Å²) in [5, 5.41) is 6.95. The van der Waals surface area contributed by atoms with Crippen molar-refractivity contribution in [1.82, 2.24) is 10.3 Å². The first-order valence-electron chi connectivity index (χ1n) is 5.79. The molecule has 1 heterocycles. The Morgan fingerprint density at radius 1 is 1.60 bits per heavy atom. The topological polar surface area (TPSA) is 24.9 Å². The van der Waals surface area contributed by atoms with Crippen molar-refractivity contribution in [2.75, 3.05) is 13.1 Å². The monoisotopic (exact) mass is 224 g/mol. The highest BCUT2D eigenvalue weighted by Crippen LogP contribution is 2.46. The van der Waals surface area contributed by atoms with Crippen molar-refractivity contribution >= 4 is 11.3 Å². The molecule has 0 spiro atoms. The molecule has 0 bridgehead atoms. The normalized spacial score (nSPS) is 24.8. The predicted octanol–water partition coefficient (Wildman–Crippen LogP) is 2.80. The maximum atomic E-state index is 4.56. The van der Waals surface area contributed by atoms with Crippen LogP contribution in [-0.2, 0) is 0 Å². The standard InChI is InChI=1S/C12H20N2S/c1-8(2)5-13-6-10-4-11(10)12-7-15-9(3)14-12/h7-8,10-11,13H,4-6H2,1-3H3. The second-order valence-electron chi connectivity index (χ2n) is 4.95. The van der Waals surface area contributed by atoms with Crippen molar-refractivity contribution < 1.29 is 0 Å². The summed E-state index contributed by atoms with van der Waals surface area (Å²) in [5.41, 5.74) is 1.33. The van der Waals surface area contributed by atoms with E-state index in [1.165, 1.54) is 23.7 Å². The van der Waals surface area contributed by atoms with Crippen LogP contribution in [0.15, 0.2) is 5.38 Å². The minimum atomic E-state index is 0.745. The predicted molar refractivity (Wildman–Crippen MR) is 65.4 cm³/mol. The van der Waals surface area contributed by atoms with Gasteiger partial charge >= 0.3 is 0 Å². The molecule has 3 heteroatoms. The number of rotatable bonds is 5. The van der Waals surface area contributed by atoms with Crippen LogP contribution < -0.4 is 5.32 Å². The smallest absolute Gasteiger partial charge is 0.0897 e. The quantitative estimate of drug-likeness (QED) is 0.832. The minimum Gasteiger partial charge on any atom is -0.316 e. The van der Waals surface area contributed by atoms with Crippen LogP contribution in [0.2, 0.25) is 0 Å². The van der Waals surface area contributed by atoms with Crippen molar-refractivity contribution in [2.45, 2.75) is 33.1 Å². The van der Waals surface area contributed by atoms with Crippen molar-refractivity contribution in [3.8, 4) is 0 Å². The molecule has 2 atom stereocenters. The van der Waals surface area contributed by atoms with E-state index in [0.29, 0.717) is 0 Å². The Bertz CT molecular complexity index is 319. The lowest BCUT2D eigenvalue weighted by atomic mass is 10.2. The maximum Gasteiger partial charge on any atom is 0.0897 e. The van der Waals surface area contributed by atoms with E-state index in [9.17, 15) is 0 Å². The lowest BCUT2D eigenvalue weighted by Crippen LogP contribution is -2.22. The number of hydrogen-bond donors (Lipinski definition) is 1. The maximum absolute atomic E-state index is 4.56. The Balaban J connectivity index is 1.72. The van der Waals surface area contributed by atoms with E-state index in [4.69, 9.17) is 0 Å². The molecule has 0 saturated heterocycles. The minimum absolute atomic E-state index is 0.745. The van der Waals surface area contributed by atoms with E-state index in [1.54, 1.807) is 11.3 Å². The van der Waals surface area contributed by atoms with Gasteiger partial charge in [0.25, 0.3) is 0 Å². The molecule has 0 aromatic carbocycles. The van der Waals surface area contributed by atoms with Crippen LogP contribution in [0.1, 0.15) is 36.9 Å². The number of nitrogens with zero attached hydrogens (tertiary/aromatic N) is 1. The lowest BCUT2D eigenvalue weighted by Gasteiger charge is -2.06. The molecule has 0 radical (unpaired) electrons. The van der Waals surface area contributed by atoms with Gasteiger partial charge in [-0.2, -0.15) is 0 Å². The third-order valence-corrected chi connectivity index (χ3v) is 3.69. The molecule has 84 valence electrons. The summed E-state index contributed by atoms with van der Waals surface area (Å²) in [6.07, 6.45) is 1.33. The third-order valence-electron chi connectivity index (χ3n) is 2.90. The fraction of sp³-hybridized carbons (Fsp3) is 0.750. The van der Waals surface area contributed by atoms with Gasteiger partial charge in [0, 0.05) is 11.3 Å². The second kappa shape index (κ2) is 4.62. The molecule has 1 fully saturated rings. The number of aromatic nitrogens is 1. The van der Waals surface area contributed by atoms with Crippen molar-refractivity contribution in [2.24, 2.45) is 11.8 Å². The van der Waals surface area contributed by atoms with Gasteiger partial charge in [-0.15, -0.1) is 11.3 Å². The van der Waals surface area contributed by atoms with Gasteiger partial charge in [0.15, 0.2) is 0 Å².